The van der Waals surface area contributed by atoms with E-state index in [1.54, 1.807) is 24.0 Å². The van der Waals surface area contributed by atoms with Crippen LogP contribution in [0.5, 0.6) is 0 Å². The van der Waals surface area contributed by atoms with Gasteiger partial charge in [-0.2, -0.15) is 5.10 Å². The lowest BCUT2D eigenvalue weighted by Crippen LogP contribution is -2.25. The second kappa shape index (κ2) is 7.68. The highest BCUT2D eigenvalue weighted by Gasteiger charge is 2.16. The molecular formula is C18H19N5O3S. The molecule has 0 fully saturated rings. The van der Waals surface area contributed by atoms with E-state index < -0.39 is 10.0 Å². The van der Waals surface area contributed by atoms with Gasteiger partial charge in [-0.25, -0.2) is 22.8 Å². The number of hydrogen-bond acceptors (Lipinski definition) is 5. The maximum atomic E-state index is 12.5. The van der Waals surface area contributed by atoms with E-state index in [4.69, 9.17) is 0 Å². The summed E-state index contributed by atoms with van der Waals surface area (Å²) in [5.74, 6) is -0.332. The summed E-state index contributed by atoms with van der Waals surface area (Å²) < 4.78 is 27.8. The Bertz CT molecular complexity index is 1050. The first-order valence-electron chi connectivity index (χ1n) is 8.17. The molecule has 2 N–H and O–H groups in total. The lowest BCUT2D eigenvalue weighted by atomic mass is 10.1. The SMILES string of the molecule is CNS(=O)(=O)c1ccc(C)c(C(=O)NCc2ccc(-n3cncn3)cc2)c1. The molecule has 0 atom stereocenters. The van der Waals surface area contributed by atoms with E-state index in [0.29, 0.717) is 17.7 Å². The van der Waals surface area contributed by atoms with E-state index in [9.17, 15) is 13.2 Å². The van der Waals surface area contributed by atoms with E-state index in [0.717, 1.165) is 11.3 Å². The van der Waals surface area contributed by atoms with Gasteiger partial charge >= 0.3 is 0 Å². The number of hydrogen-bond donors (Lipinski definition) is 2. The average Bonchev–Trinajstić information content (AvgIpc) is 3.21. The van der Waals surface area contributed by atoms with Crippen LogP contribution in [0.2, 0.25) is 0 Å². The fourth-order valence-electron chi connectivity index (χ4n) is 2.52. The summed E-state index contributed by atoms with van der Waals surface area (Å²) in [6.45, 7) is 2.08. The van der Waals surface area contributed by atoms with Crippen LogP contribution in [-0.2, 0) is 16.6 Å². The zero-order valence-electron chi connectivity index (χ0n) is 14.9. The molecule has 0 spiro atoms. The number of aryl methyl sites for hydroxylation is 1. The molecule has 3 rings (SSSR count). The van der Waals surface area contributed by atoms with Gasteiger partial charge in [0.2, 0.25) is 10.0 Å². The fourth-order valence-corrected chi connectivity index (χ4v) is 3.27. The highest BCUT2D eigenvalue weighted by molar-refractivity contribution is 7.89. The summed E-state index contributed by atoms with van der Waals surface area (Å²) in [5.41, 5.74) is 2.79. The van der Waals surface area contributed by atoms with Crippen molar-refractivity contribution in [3.8, 4) is 5.69 Å². The summed E-state index contributed by atoms with van der Waals surface area (Å²) >= 11 is 0. The largest absolute Gasteiger partial charge is 0.348 e. The Morgan fingerprint density at radius 3 is 2.52 bits per heavy atom. The number of carbonyl (C=O) groups excluding carboxylic acids is 1. The number of amides is 1. The van der Waals surface area contributed by atoms with E-state index in [2.05, 4.69) is 20.1 Å². The monoisotopic (exact) mass is 385 g/mol. The molecule has 27 heavy (non-hydrogen) atoms. The minimum atomic E-state index is -3.61. The van der Waals surface area contributed by atoms with E-state index >= 15 is 0 Å². The molecule has 0 bridgehead atoms. The highest BCUT2D eigenvalue weighted by Crippen LogP contribution is 2.16. The smallest absolute Gasteiger partial charge is 0.251 e. The maximum absolute atomic E-state index is 12.5. The Morgan fingerprint density at radius 2 is 1.89 bits per heavy atom. The number of aromatic nitrogens is 3. The van der Waals surface area contributed by atoms with Gasteiger partial charge < -0.3 is 5.32 Å². The molecule has 1 amide bonds. The Balaban J connectivity index is 1.72. The van der Waals surface area contributed by atoms with Crippen molar-refractivity contribution >= 4 is 15.9 Å². The van der Waals surface area contributed by atoms with Gasteiger partial charge in [0, 0.05) is 12.1 Å². The predicted molar refractivity (Wildman–Crippen MR) is 100.0 cm³/mol. The minimum absolute atomic E-state index is 0.0536. The van der Waals surface area contributed by atoms with Crippen LogP contribution in [0.4, 0.5) is 0 Å². The molecule has 0 saturated carbocycles. The lowest BCUT2D eigenvalue weighted by molar-refractivity contribution is 0.0950. The molecule has 9 heteroatoms. The number of benzene rings is 2. The Morgan fingerprint density at radius 1 is 1.15 bits per heavy atom. The van der Waals surface area contributed by atoms with Gasteiger partial charge in [-0.3, -0.25) is 4.79 Å². The van der Waals surface area contributed by atoms with Crippen molar-refractivity contribution in [1.82, 2.24) is 24.8 Å². The van der Waals surface area contributed by atoms with Crippen molar-refractivity contribution < 1.29 is 13.2 Å². The van der Waals surface area contributed by atoms with Gasteiger partial charge in [0.1, 0.15) is 12.7 Å². The summed E-state index contributed by atoms with van der Waals surface area (Å²) in [7, 11) is -2.28. The van der Waals surface area contributed by atoms with Crippen LogP contribution < -0.4 is 10.0 Å². The molecule has 140 valence electrons. The van der Waals surface area contributed by atoms with Crippen LogP contribution in [0, 0.1) is 6.92 Å². The molecule has 0 radical (unpaired) electrons. The number of sulfonamides is 1. The first kappa shape index (κ1) is 18.7. The second-order valence-corrected chi connectivity index (χ2v) is 7.76. The van der Waals surface area contributed by atoms with Crippen LogP contribution in [0.15, 0.2) is 60.0 Å². The summed E-state index contributed by atoms with van der Waals surface area (Å²) in [5, 5.41) is 6.87. The molecule has 0 saturated heterocycles. The number of carbonyl (C=O) groups is 1. The van der Waals surface area contributed by atoms with Crippen molar-refractivity contribution in [3.63, 3.8) is 0 Å². The molecule has 3 aromatic rings. The quantitative estimate of drug-likeness (QED) is 0.667. The van der Waals surface area contributed by atoms with Gasteiger partial charge in [0.05, 0.1) is 10.6 Å². The van der Waals surface area contributed by atoms with Crippen molar-refractivity contribution in [1.29, 1.82) is 0 Å². The van der Waals surface area contributed by atoms with Crippen LogP contribution in [-0.4, -0.2) is 36.1 Å². The third kappa shape index (κ3) is 4.21. The van der Waals surface area contributed by atoms with E-state index in [-0.39, 0.29) is 10.8 Å². The maximum Gasteiger partial charge on any atom is 0.251 e. The minimum Gasteiger partial charge on any atom is -0.348 e. The fraction of sp³-hybridized carbons (Fsp3) is 0.167. The molecule has 8 nitrogen and oxygen atoms in total. The topological polar surface area (TPSA) is 106 Å². The van der Waals surface area contributed by atoms with Gasteiger partial charge in [-0.1, -0.05) is 18.2 Å². The Hall–Kier alpha value is -3.04. The van der Waals surface area contributed by atoms with Gasteiger partial charge in [0.25, 0.3) is 5.91 Å². The molecule has 0 unspecified atom stereocenters. The van der Waals surface area contributed by atoms with Crippen molar-refractivity contribution in [2.45, 2.75) is 18.4 Å². The molecule has 1 aromatic heterocycles. The highest BCUT2D eigenvalue weighted by atomic mass is 32.2. The summed E-state index contributed by atoms with van der Waals surface area (Å²) in [6, 6.07) is 12.0. The first-order chi connectivity index (χ1) is 12.9. The zero-order chi connectivity index (χ0) is 19.4. The molecule has 0 aliphatic heterocycles. The van der Waals surface area contributed by atoms with Crippen LogP contribution in [0.3, 0.4) is 0 Å². The molecular weight excluding hydrogens is 366 g/mol. The van der Waals surface area contributed by atoms with Gasteiger partial charge in [-0.15, -0.1) is 0 Å². The number of nitrogens with zero attached hydrogens (tertiary/aromatic N) is 3. The van der Waals surface area contributed by atoms with Crippen molar-refractivity contribution in [2.24, 2.45) is 0 Å². The van der Waals surface area contributed by atoms with E-state index in [1.807, 2.05) is 24.3 Å². The predicted octanol–water partition coefficient (Wildman–Crippen LogP) is 1.41. The Labute approximate surface area is 157 Å². The van der Waals surface area contributed by atoms with Crippen LogP contribution in [0.1, 0.15) is 21.5 Å². The third-order valence-electron chi connectivity index (χ3n) is 4.11. The normalized spacial score (nSPS) is 11.3. The molecule has 0 aliphatic carbocycles. The van der Waals surface area contributed by atoms with Crippen LogP contribution >= 0.6 is 0 Å². The average molecular weight is 385 g/mol. The third-order valence-corrected chi connectivity index (χ3v) is 5.52. The zero-order valence-corrected chi connectivity index (χ0v) is 15.7. The number of nitrogens with one attached hydrogen (secondary N) is 2. The second-order valence-electron chi connectivity index (χ2n) is 5.87. The van der Waals surface area contributed by atoms with Crippen LogP contribution in [0.25, 0.3) is 5.69 Å². The first-order valence-corrected chi connectivity index (χ1v) is 9.65. The van der Waals surface area contributed by atoms with Gasteiger partial charge in [-0.05, 0) is 49.4 Å². The summed E-state index contributed by atoms with van der Waals surface area (Å²) in [4.78, 5) is 16.5. The molecule has 0 aliphatic rings. The standard InChI is InChI=1S/C18H19N5O3S/c1-13-3-8-16(27(25,26)19-2)9-17(13)18(24)21-10-14-4-6-15(7-5-14)23-12-20-11-22-23/h3-9,11-12,19H,10H2,1-2H3,(H,21,24). The summed E-state index contributed by atoms with van der Waals surface area (Å²) in [6.07, 6.45) is 3.06. The lowest BCUT2D eigenvalue weighted by Gasteiger charge is -2.10. The van der Waals surface area contributed by atoms with Gasteiger partial charge in [0.15, 0.2) is 0 Å². The van der Waals surface area contributed by atoms with E-state index in [1.165, 1.54) is 25.5 Å². The number of rotatable bonds is 6. The molecule has 1 heterocycles. The molecule has 2 aromatic carbocycles. The van der Waals surface area contributed by atoms with Crippen molar-refractivity contribution in [2.75, 3.05) is 7.05 Å². The van der Waals surface area contributed by atoms with Crippen molar-refractivity contribution in [3.05, 3.63) is 71.8 Å². The Kier molecular flexibility index (Phi) is 5.33.